The van der Waals surface area contributed by atoms with Gasteiger partial charge in [-0.1, -0.05) is 12.1 Å². The fourth-order valence-corrected chi connectivity index (χ4v) is 4.20. The maximum Gasteiger partial charge on any atom is 0.274 e. The molecule has 1 aliphatic heterocycles. The van der Waals surface area contributed by atoms with Gasteiger partial charge >= 0.3 is 0 Å². The molecule has 1 fully saturated rings. The number of amides is 1. The third-order valence-corrected chi connectivity index (χ3v) is 6.16. The zero-order valence-electron chi connectivity index (χ0n) is 19.0. The number of carbonyl (C=O) groups is 1. The summed E-state index contributed by atoms with van der Waals surface area (Å²) >= 11 is 0. The summed E-state index contributed by atoms with van der Waals surface area (Å²) in [5.41, 5.74) is 10.1. The fraction of sp³-hybridized carbons (Fsp3) is 0.333. The molecule has 4 aromatic rings. The van der Waals surface area contributed by atoms with Crippen LogP contribution in [0, 0.1) is 0 Å². The molecule has 1 aromatic carbocycles. The molecule has 33 heavy (non-hydrogen) atoms. The Bertz CT molecular complexity index is 1280. The lowest BCUT2D eigenvalue weighted by Gasteiger charge is -2.29. The number of aromatic nitrogens is 4. The summed E-state index contributed by atoms with van der Waals surface area (Å²) in [6.45, 7) is 2.00. The number of fused-ring (bicyclic) bond motifs is 1. The number of oxazole rings is 1. The van der Waals surface area contributed by atoms with Crippen molar-refractivity contribution in [3.8, 4) is 22.6 Å². The summed E-state index contributed by atoms with van der Waals surface area (Å²) in [6.07, 6.45) is 5.60. The standard InChI is InChI=1S/C24H27N7O2/c1-29(2)24(32)21-18(14-31(28-21)16-8-10-30(3)11-9-16)15-12-17(22(25)26-13-15)23-27-19-6-4-5-7-20(19)33-23/h4-7,12-14,16H,8-11H2,1-3H3,(H2,25,26). The number of likely N-dealkylation sites (tertiary alicyclic amines) is 1. The van der Waals surface area contributed by atoms with Gasteiger partial charge in [0.25, 0.3) is 5.91 Å². The highest BCUT2D eigenvalue weighted by molar-refractivity contribution is 5.99. The predicted molar refractivity (Wildman–Crippen MR) is 127 cm³/mol. The van der Waals surface area contributed by atoms with Crippen molar-refractivity contribution in [2.45, 2.75) is 18.9 Å². The average molecular weight is 446 g/mol. The summed E-state index contributed by atoms with van der Waals surface area (Å²) in [5.74, 6) is 0.552. The molecule has 0 bridgehead atoms. The van der Waals surface area contributed by atoms with Crippen LogP contribution in [0.1, 0.15) is 29.4 Å². The normalized spacial score (nSPS) is 15.2. The largest absolute Gasteiger partial charge is 0.436 e. The van der Waals surface area contributed by atoms with Gasteiger partial charge in [0.05, 0.1) is 11.6 Å². The van der Waals surface area contributed by atoms with Crippen LogP contribution in [0.25, 0.3) is 33.7 Å². The third kappa shape index (κ3) is 3.95. The van der Waals surface area contributed by atoms with E-state index in [1.165, 1.54) is 4.90 Å². The smallest absolute Gasteiger partial charge is 0.274 e. The van der Waals surface area contributed by atoms with Crippen molar-refractivity contribution in [1.29, 1.82) is 0 Å². The molecule has 0 unspecified atom stereocenters. The third-order valence-electron chi connectivity index (χ3n) is 6.16. The molecule has 1 saturated heterocycles. The van der Waals surface area contributed by atoms with E-state index in [9.17, 15) is 4.79 Å². The van der Waals surface area contributed by atoms with Crippen LogP contribution in [0.5, 0.6) is 0 Å². The van der Waals surface area contributed by atoms with Crippen LogP contribution in [0.4, 0.5) is 5.82 Å². The lowest BCUT2D eigenvalue weighted by molar-refractivity contribution is 0.0820. The van der Waals surface area contributed by atoms with E-state index in [-0.39, 0.29) is 11.9 Å². The molecule has 1 aliphatic rings. The Morgan fingerprint density at radius 3 is 2.67 bits per heavy atom. The number of anilines is 1. The van der Waals surface area contributed by atoms with Gasteiger partial charge in [0.2, 0.25) is 5.89 Å². The number of nitrogen functional groups attached to an aromatic ring is 1. The first-order chi connectivity index (χ1) is 15.9. The lowest BCUT2D eigenvalue weighted by atomic mass is 10.0. The summed E-state index contributed by atoms with van der Waals surface area (Å²) < 4.78 is 7.86. The molecule has 1 amide bonds. The number of piperidine rings is 1. The molecule has 0 saturated carbocycles. The average Bonchev–Trinajstić information content (AvgIpc) is 3.44. The van der Waals surface area contributed by atoms with E-state index in [1.54, 1.807) is 20.3 Å². The second-order valence-electron chi connectivity index (χ2n) is 8.75. The van der Waals surface area contributed by atoms with Gasteiger partial charge in [0.1, 0.15) is 11.3 Å². The fourth-order valence-electron chi connectivity index (χ4n) is 4.20. The zero-order chi connectivity index (χ0) is 23.1. The van der Waals surface area contributed by atoms with Crippen LogP contribution in [-0.4, -0.2) is 69.7 Å². The Morgan fingerprint density at radius 1 is 1.18 bits per heavy atom. The Labute approximate surface area is 191 Å². The van der Waals surface area contributed by atoms with Gasteiger partial charge in [0.15, 0.2) is 11.3 Å². The quantitative estimate of drug-likeness (QED) is 0.514. The molecule has 0 spiro atoms. The lowest BCUT2D eigenvalue weighted by Crippen LogP contribution is -2.32. The summed E-state index contributed by atoms with van der Waals surface area (Å²) in [5, 5.41) is 4.72. The van der Waals surface area contributed by atoms with Crippen molar-refractivity contribution >= 4 is 22.8 Å². The Kier molecular flexibility index (Phi) is 5.33. The molecule has 4 heterocycles. The molecule has 0 atom stereocenters. The van der Waals surface area contributed by atoms with Crippen LogP contribution < -0.4 is 5.73 Å². The minimum atomic E-state index is -0.156. The zero-order valence-corrected chi connectivity index (χ0v) is 19.0. The van der Waals surface area contributed by atoms with Crippen molar-refractivity contribution in [2.24, 2.45) is 0 Å². The Hall–Kier alpha value is -3.72. The van der Waals surface area contributed by atoms with E-state index in [0.29, 0.717) is 28.5 Å². The highest BCUT2D eigenvalue weighted by atomic mass is 16.3. The van der Waals surface area contributed by atoms with Crippen LogP contribution in [0.15, 0.2) is 47.1 Å². The second kappa shape index (κ2) is 8.32. The number of carbonyl (C=O) groups excluding carboxylic acids is 1. The predicted octanol–water partition coefficient (Wildman–Crippen LogP) is 3.30. The molecule has 9 heteroatoms. The van der Waals surface area contributed by atoms with E-state index >= 15 is 0 Å². The highest BCUT2D eigenvalue weighted by Gasteiger charge is 2.26. The number of hydrogen-bond donors (Lipinski definition) is 1. The van der Waals surface area contributed by atoms with Gasteiger partial charge in [-0.3, -0.25) is 9.48 Å². The van der Waals surface area contributed by atoms with E-state index in [2.05, 4.69) is 21.9 Å². The first-order valence-electron chi connectivity index (χ1n) is 11.0. The SMILES string of the molecule is CN1CCC(n2cc(-c3cnc(N)c(-c4nc5ccccc5o4)c3)c(C(=O)N(C)C)n2)CC1. The number of hydrogen-bond acceptors (Lipinski definition) is 7. The molecule has 3 aromatic heterocycles. The number of benzene rings is 1. The topological polar surface area (TPSA) is 106 Å². The van der Waals surface area contributed by atoms with Gasteiger partial charge in [0, 0.05) is 37.6 Å². The van der Waals surface area contributed by atoms with Crippen LogP contribution in [-0.2, 0) is 0 Å². The van der Waals surface area contributed by atoms with Crippen molar-refractivity contribution in [2.75, 3.05) is 40.0 Å². The number of rotatable bonds is 4. The van der Waals surface area contributed by atoms with Gasteiger partial charge in [-0.25, -0.2) is 9.97 Å². The van der Waals surface area contributed by atoms with E-state index in [0.717, 1.165) is 42.6 Å². The summed E-state index contributed by atoms with van der Waals surface area (Å²) in [7, 11) is 5.58. The summed E-state index contributed by atoms with van der Waals surface area (Å²) in [4.78, 5) is 25.8. The number of para-hydroxylation sites is 2. The van der Waals surface area contributed by atoms with E-state index in [4.69, 9.17) is 15.2 Å². The van der Waals surface area contributed by atoms with Crippen LogP contribution in [0.3, 0.4) is 0 Å². The molecule has 0 radical (unpaired) electrons. The number of pyridine rings is 1. The van der Waals surface area contributed by atoms with Gasteiger partial charge in [-0.15, -0.1) is 0 Å². The molecule has 0 aliphatic carbocycles. The molecular formula is C24H27N7O2. The highest BCUT2D eigenvalue weighted by Crippen LogP contribution is 2.34. The number of nitrogens with zero attached hydrogens (tertiary/aromatic N) is 6. The first kappa shape index (κ1) is 21.1. The van der Waals surface area contributed by atoms with Crippen molar-refractivity contribution in [3.63, 3.8) is 0 Å². The molecular weight excluding hydrogens is 418 g/mol. The van der Waals surface area contributed by atoms with Crippen molar-refractivity contribution in [1.82, 2.24) is 29.5 Å². The molecule has 2 N–H and O–H groups in total. The molecule has 170 valence electrons. The van der Waals surface area contributed by atoms with Crippen LogP contribution >= 0.6 is 0 Å². The van der Waals surface area contributed by atoms with Gasteiger partial charge in [-0.2, -0.15) is 5.10 Å². The monoisotopic (exact) mass is 445 g/mol. The molecule has 5 rings (SSSR count). The number of nitrogens with two attached hydrogens (primary N) is 1. The Balaban J connectivity index is 1.59. The minimum Gasteiger partial charge on any atom is -0.436 e. The van der Waals surface area contributed by atoms with Crippen LogP contribution in [0.2, 0.25) is 0 Å². The minimum absolute atomic E-state index is 0.156. The Morgan fingerprint density at radius 2 is 1.94 bits per heavy atom. The maximum atomic E-state index is 13.0. The van der Waals surface area contributed by atoms with Crippen molar-refractivity contribution in [3.05, 3.63) is 48.4 Å². The van der Waals surface area contributed by atoms with Crippen molar-refractivity contribution < 1.29 is 9.21 Å². The molecule has 9 nitrogen and oxygen atoms in total. The first-order valence-corrected chi connectivity index (χ1v) is 11.0. The maximum absolute atomic E-state index is 13.0. The van der Waals surface area contributed by atoms with Gasteiger partial charge < -0.3 is 20.0 Å². The van der Waals surface area contributed by atoms with Gasteiger partial charge in [-0.05, 0) is 51.2 Å². The van der Waals surface area contributed by atoms with E-state index in [1.807, 2.05) is 41.2 Å². The second-order valence-corrected chi connectivity index (χ2v) is 8.75. The summed E-state index contributed by atoms with van der Waals surface area (Å²) in [6, 6.07) is 9.67. The van der Waals surface area contributed by atoms with E-state index < -0.39 is 0 Å².